The summed E-state index contributed by atoms with van der Waals surface area (Å²) < 4.78 is 0. The van der Waals surface area contributed by atoms with Crippen molar-refractivity contribution in [3.63, 3.8) is 0 Å². The molecule has 2 aromatic carbocycles. The largest absolute Gasteiger partial charge is 0.261 e. The van der Waals surface area contributed by atoms with Gasteiger partial charge >= 0.3 is 0 Å². The summed E-state index contributed by atoms with van der Waals surface area (Å²) in [6.45, 7) is 0. The van der Waals surface area contributed by atoms with Crippen LogP contribution in [-0.4, -0.2) is 4.98 Å². The molecule has 0 saturated carbocycles. The third-order valence-electron chi connectivity index (χ3n) is 4.43. The van der Waals surface area contributed by atoms with Gasteiger partial charge in [0.05, 0.1) is 0 Å². The molecule has 0 radical (unpaired) electrons. The number of benzene rings is 2. The van der Waals surface area contributed by atoms with E-state index >= 15 is 0 Å². The third-order valence-corrected chi connectivity index (χ3v) is 5.33. The summed E-state index contributed by atoms with van der Waals surface area (Å²) >= 11 is 1.83. The number of thiophene rings is 1. The van der Waals surface area contributed by atoms with Crippen molar-refractivity contribution in [3.05, 3.63) is 101 Å². The Labute approximate surface area is 146 Å². The summed E-state index contributed by atoms with van der Waals surface area (Å²) in [6, 6.07) is 25.9. The molecule has 4 aromatic rings. The van der Waals surface area contributed by atoms with Gasteiger partial charge in [-0.15, -0.1) is 11.3 Å². The molecule has 1 nitrogen and oxygen atoms in total. The summed E-state index contributed by atoms with van der Waals surface area (Å²) in [5.41, 5.74) is 2.56. The van der Waals surface area contributed by atoms with Gasteiger partial charge in [-0.1, -0.05) is 54.6 Å². The molecule has 0 bridgehead atoms. The van der Waals surface area contributed by atoms with Crippen molar-refractivity contribution >= 4 is 22.1 Å². The fourth-order valence-corrected chi connectivity index (χ4v) is 4.01. The summed E-state index contributed by atoms with van der Waals surface area (Å²) in [4.78, 5) is 6.05. The van der Waals surface area contributed by atoms with Crippen LogP contribution >= 0.6 is 11.3 Å². The Bertz CT molecular complexity index is 913. The van der Waals surface area contributed by atoms with Gasteiger partial charge in [-0.25, -0.2) is 0 Å². The zero-order valence-electron chi connectivity index (χ0n) is 13.4. The second-order valence-electron chi connectivity index (χ2n) is 6.12. The Morgan fingerprint density at radius 3 is 2.46 bits per heavy atom. The minimum Gasteiger partial charge on any atom is -0.261 e. The highest BCUT2D eigenvalue weighted by Gasteiger charge is 2.15. The smallest absolute Gasteiger partial charge is 0.0441 e. The van der Waals surface area contributed by atoms with Crippen LogP contribution in [0.25, 0.3) is 10.8 Å². The molecule has 1 unspecified atom stereocenters. The van der Waals surface area contributed by atoms with Gasteiger partial charge in [0.1, 0.15) is 0 Å². The molecule has 0 fully saturated rings. The Hall–Kier alpha value is -2.45. The average Bonchev–Trinajstić information content (AvgIpc) is 3.15. The summed E-state index contributed by atoms with van der Waals surface area (Å²) in [5.74, 6) is 0.408. The normalized spacial score (nSPS) is 12.3. The van der Waals surface area contributed by atoms with Gasteiger partial charge < -0.3 is 0 Å². The van der Waals surface area contributed by atoms with E-state index in [-0.39, 0.29) is 0 Å². The zero-order valence-corrected chi connectivity index (χ0v) is 14.2. The predicted molar refractivity (Wildman–Crippen MR) is 103 cm³/mol. The van der Waals surface area contributed by atoms with E-state index in [1.807, 2.05) is 23.6 Å². The molecule has 0 amide bonds. The number of aromatic nitrogens is 1. The number of fused-ring (bicyclic) bond motifs is 1. The molecule has 0 saturated heterocycles. The number of pyridine rings is 1. The van der Waals surface area contributed by atoms with Crippen LogP contribution in [0.1, 0.15) is 22.1 Å². The molecule has 0 N–H and O–H groups in total. The lowest BCUT2D eigenvalue weighted by atomic mass is 9.91. The van der Waals surface area contributed by atoms with Crippen LogP contribution < -0.4 is 0 Å². The molecular weight excluding hydrogens is 310 g/mol. The quantitative estimate of drug-likeness (QED) is 0.446. The molecule has 2 aromatic heterocycles. The highest BCUT2D eigenvalue weighted by molar-refractivity contribution is 7.09. The first-order chi connectivity index (χ1) is 11.9. The van der Waals surface area contributed by atoms with Crippen LogP contribution in [0.15, 0.2) is 84.4 Å². The Kier molecular flexibility index (Phi) is 4.39. The first-order valence-corrected chi connectivity index (χ1v) is 9.17. The Morgan fingerprint density at radius 1 is 0.792 bits per heavy atom. The molecule has 2 heteroatoms. The zero-order chi connectivity index (χ0) is 16.2. The van der Waals surface area contributed by atoms with Gasteiger partial charge in [0.25, 0.3) is 0 Å². The van der Waals surface area contributed by atoms with Crippen molar-refractivity contribution < 1.29 is 0 Å². The van der Waals surface area contributed by atoms with Gasteiger partial charge in [0, 0.05) is 22.7 Å². The van der Waals surface area contributed by atoms with Crippen molar-refractivity contribution in [1.82, 2.24) is 4.98 Å². The van der Waals surface area contributed by atoms with E-state index in [0.29, 0.717) is 5.92 Å². The van der Waals surface area contributed by atoms with Crippen LogP contribution in [0.2, 0.25) is 0 Å². The minimum atomic E-state index is 0.408. The minimum absolute atomic E-state index is 0.408. The fraction of sp³-hybridized carbons (Fsp3) is 0.136. The van der Waals surface area contributed by atoms with Crippen molar-refractivity contribution in [2.45, 2.75) is 18.8 Å². The van der Waals surface area contributed by atoms with E-state index in [1.165, 1.54) is 26.9 Å². The van der Waals surface area contributed by atoms with E-state index in [0.717, 1.165) is 12.8 Å². The first-order valence-electron chi connectivity index (χ1n) is 8.29. The lowest BCUT2D eigenvalue weighted by Crippen LogP contribution is -2.08. The van der Waals surface area contributed by atoms with Crippen LogP contribution in [0.5, 0.6) is 0 Å². The van der Waals surface area contributed by atoms with E-state index in [1.54, 1.807) is 0 Å². The molecule has 118 valence electrons. The van der Waals surface area contributed by atoms with Crippen LogP contribution in [0.4, 0.5) is 0 Å². The predicted octanol–water partition coefficient (Wildman–Crippen LogP) is 5.87. The molecular formula is C22H19NS. The maximum atomic E-state index is 4.62. The maximum Gasteiger partial charge on any atom is 0.0441 e. The second-order valence-corrected chi connectivity index (χ2v) is 7.15. The van der Waals surface area contributed by atoms with Crippen molar-refractivity contribution in [2.24, 2.45) is 0 Å². The topological polar surface area (TPSA) is 12.9 Å². The monoisotopic (exact) mass is 329 g/mol. The Morgan fingerprint density at radius 2 is 1.67 bits per heavy atom. The molecule has 0 spiro atoms. The molecule has 0 aliphatic rings. The lowest BCUT2D eigenvalue weighted by molar-refractivity contribution is 0.665. The number of nitrogens with zero attached hydrogens (tertiary/aromatic N) is 1. The van der Waals surface area contributed by atoms with E-state index in [2.05, 4.69) is 77.1 Å². The number of hydrogen-bond donors (Lipinski definition) is 0. The van der Waals surface area contributed by atoms with Crippen molar-refractivity contribution in [3.8, 4) is 0 Å². The molecule has 1 atom stereocenters. The van der Waals surface area contributed by atoms with Gasteiger partial charge in [-0.05, 0) is 52.8 Å². The van der Waals surface area contributed by atoms with Gasteiger partial charge in [0.15, 0.2) is 0 Å². The van der Waals surface area contributed by atoms with Crippen LogP contribution in [-0.2, 0) is 12.8 Å². The second kappa shape index (κ2) is 6.98. The molecule has 4 rings (SSSR count). The lowest BCUT2D eigenvalue weighted by Gasteiger charge is -2.16. The highest BCUT2D eigenvalue weighted by atomic mass is 32.1. The van der Waals surface area contributed by atoms with E-state index in [4.69, 9.17) is 0 Å². The third kappa shape index (κ3) is 3.39. The summed E-state index contributed by atoms with van der Waals surface area (Å²) in [6.07, 6.45) is 3.96. The Balaban J connectivity index is 1.64. The summed E-state index contributed by atoms with van der Waals surface area (Å²) in [5, 5.41) is 4.76. The van der Waals surface area contributed by atoms with Gasteiger partial charge in [0.2, 0.25) is 0 Å². The number of hydrogen-bond acceptors (Lipinski definition) is 2. The molecule has 2 heterocycles. The maximum absolute atomic E-state index is 4.62. The van der Waals surface area contributed by atoms with Crippen molar-refractivity contribution in [1.29, 1.82) is 0 Å². The van der Waals surface area contributed by atoms with Gasteiger partial charge in [-0.3, -0.25) is 4.98 Å². The van der Waals surface area contributed by atoms with E-state index in [9.17, 15) is 0 Å². The standard InChI is InChI=1S/C22H19NS/c1-2-7-19-14-17(10-11-18(19)6-1)15-20(16-21-8-5-13-24-21)22-9-3-4-12-23-22/h1-14,20H,15-16H2. The SMILES string of the molecule is c1ccc(C(Cc2ccc3ccccc3c2)Cc2cccs2)nc1. The summed E-state index contributed by atoms with van der Waals surface area (Å²) in [7, 11) is 0. The molecule has 24 heavy (non-hydrogen) atoms. The first kappa shape index (κ1) is 15.1. The van der Waals surface area contributed by atoms with Crippen LogP contribution in [0.3, 0.4) is 0 Å². The van der Waals surface area contributed by atoms with Crippen LogP contribution in [0, 0.1) is 0 Å². The molecule has 0 aliphatic carbocycles. The van der Waals surface area contributed by atoms with Gasteiger partial charge in [-0.2, -0.15) is 0 Å². The average molecular weight is 329 g/mol. The fourth-order valence-electron chi connectivity index (χ4n) is 3.22. The molecule has 0 aliphatic heterocycles. The van der Waals surface area contributed by atoms with Crippen molar-refractivity contribution in [2.75, 3.05) is 0 Å². The van der Waals surface area contributed by atoms with E-state index < -0.39 is 0 Å². The highest BCUT2D eigenvalue weighted by Crippen LogP contribution is 2.27. The number of rotatable bonds is 5.